The van der Waals surface area contributed by atoms with Gasteiger partial charge in [-0.25, -0.2) is 22.7 Å². The first-order valence-electron chi connectivity index (χ1n) is 18.0. The van der Waals surface area contributed by atoms with Gasteiger partial charge in [0.05, 0.1) is 25.0 Å². The Morgan fingerprint density at radius 2 is 1.66 bits per heavy atom. The fourth-order valence-corrected chi connectivity index (χ4v) is 8.54. The fraction of sp³-hybridized carbons (Fsp3) is 0.595. The van der Waals surface area contributed by atoms with Crippen LogP contribution in [0.2, 0.25) is 0 Å². The van der Waals surface area contributed by atoms with E-state index < -0.39 is 15.9 Å². The van der Waals surface area contributed by atoms with Crippen molar-refractivity contribution >= 4 is 27.7 Å². The number of aromatic nitrogens is 3. The van der Waals surface area contributed by atoms with Crippen molar-refractivity contribution in [1.82, 2.24) is 19.3 Å². The lowest BCUT2D eigenvalue weighted by Gasteiger charge is -2.37. The number of pyridine rings is 2. The number of nitrogens with zero attached hydrogens (tertiary/aromatic N) is 5. The Balaban J connectivity index is 1.02. The number of carbonyl (C=O) groups excluding carboxylic acids is 2. The Kier molecular flexibility index (Phi) is 9.98. The van der Waals surface area contributed by atoms with Crippen molar-refractivity contribution in [3.63, 3.8) is 0 Å². The van der Waals surface area contributed by atoms with Crippen molar-refractivity contribution < 1.29 is 31.9 Å². The van der Waals surface area contributed by atoms with Gasteiger partial charge in [0.25, 0.3) is 0 Å². The van der Waals surface area contributed by atoms with Crippen LogP contribution in [0.5, 0.6) is 5.75 Å². The van der Waals surface area contributed by atoms with E-state index in [1.807, 2.05) is 30.0 Å². The number of oxazole rings is 1. The van der Waals surface area contributed by atoms with Crippen molar-refractivity contribution in [2.24, 2.45) is 17.8 Å². The number of hydrogen-bond donors (Lipinski definition) is 0. The summed E-state index contributed by atoms with van der Waals surface area (Å²) in [6, 6.07) is 7.94. The summed E-state index contributed by atoms with van der Waals surface area (Å²) in [6.45, 7) is 2.89. The zero-order valence-electron chi connectivity index (χ0n) is 29.1. The van der Waals surface area contributed by atoms with E-state index in [2.05, 4.69) is 6.07 Å². The first kappa shape index (κ1) is 34.6. The molecule has 3 saturated carbocycles. The molecule has 3 aliphatic carbocycles. The molecule has 13 heteroatoms. The largest absolute Gasteiger partial charge is 0.495 e. The lowest BCUT2D eigenvalue weighted by Crippen LogP contribution is -2.53. The molecule has 1 aliphatic heterocycles. The summed E-state index contributed by atoms with van der Waals surface area (Å²) in [5.41, 5.74) is 3.62. The maximum Gasteiger partial charge on any atom is 0.311 e. The number of rotatable bonds is 11. The van der Waals surface area contributed by atoms with E-state index in [0.29, 0.717) is 55.8 Å². The molecule has 4 fully saturated rings. The third-order valence-corrected chi connectivity index (χ3v) is 12.2. The molecule has 0 radical (unpaired) electrons. The van der Waals surface area contributed by atoms with Gasteiger partial charge in [0.2, 0.25) is 15.9 Å². The van der Waals surface area contributed by atoms with Crippen LogP contribution in [0.4, 0.5) is 5.82 Å². The minimum atomic E-state index is -3.30. The highest BCUT2D eigenvalue weighted by Gasteiger charge is 2.41. The number of anilines is 1. The molecule has 50 heavy (non-hydrogen) atoms. The summed E-state index contributed by atoms with van der Waals surface area (Å²) >= 11 is 0. The maximum atomic E-state index is 14.4. The number of carbonyl (C=O) groups is 2. The van der Waals surface area contributed by atoms with Gasteiger partial charge >= 0.3 is 5.97 Å². The first-order chi connectivity index (χ1) is 24.1. The lowest BCUT2D eigenvalue weighted by atomic mass is 9.79. The van der Waals surface area contributed by atoms with Crippen molar-refractivity contribution in [3.8, 4) is 17.0 Å². The summed E-state index contributed by atoms with van der Waals surface area (Å²) in [7, 11) is -1.64. The van der Waals surface area contributed by atoms with Crippen molar-refractivity contribution in [1.29, 1.82) is 0 Å². The van der Waals surface area contributed by atoms with E-state index in [1.165, 1.54) is 4.31 Å². The molecular formula is C37H47N5O7S. The predicted molar refractivity (Wildman–Crippen MR) is 186 cm³/mol. The van der Waals surface area contributed by atoms with Crippen LogP contribution >= 0.6 is 0 Å². The third kappa shape index (κ3) is 7.73. The SMILES string of the molecule is COc1ccc(C2CCC(CN(C(=O)C3CCC(OC(=O)C4CN(S(C)(=O)=O)C4)CC3)c3cc(-c4coc(C5CC5)n4)ccn3)CC2)nc1C. The van der Waals surface area contributed by atoms with Crippen LogP contribution in [-0.4, -0.2) is 78.7 Å². The van der Waals surface area contributed by atoms with Gasteiger partial charge in [-0.15, -0.1) is 0 Å². The van der Waals surface area contributed by atoms with Crippen LogP contribution in [0.25, 0.3) is 11.3 Å². The van der Waals surface area contributed by atoms with Gasteiger partial charge in [-0.2, -0.15) is 0 Å². The molecule has 1 amide bonds. The number of hydrogen-bond acceptors (Lipinski definition) is 10. The predicted octanol–water partition coefficient (Wildman–Crippen LogP) is 5.63. The quantitative estimate of drug-likeness (QED) is 0.230. The minimum Gasteiger partial charge on any atom is -0.495 e. The Labute approximate surface area is 294 Å². The summed E-state index contributed by atoms with van der Waals surface area (Å²) in [4.78, 5) is 43.2. The summed E-state index contributed by atoms with van der Waals surface area (Å²) in [5, 5.41) is 0. The molecule has 268 valence electrons. The number of aryl methyl sites for hydroxylation is 1. The highest BCUT2D eigenvalue weighted by Crippen LogP contribution is 2.41. The molecule has 1 saturated heterocycles. The molecule has 0 spiro atoms. The van der Waals surface area contributed by atoms with Gasteiger partial charge in [0, 0.05) is 54.8 Å². The molecule has 3 aromatic rings. The lowest BCUT2D eigenvalue weighted by molar-refractivity contribution is -0.159. The summed E-state index contributed by atoms with van der Waals surface area (Å²) in [6.07, 6.45) is 12.9. The third-order valence-electron chi connectivity index (χ3n) is 11.0. The zero-order valence-corrected chi connectivity index (χ0v) is 29.9. The number of ether oxygens (including phenoxy) is 2. The Bertz CT molecular complexity index is 1800. The van der Waals surface area contributed by atoms with E-state index in [9.17, 15) is 18.0 Å². The number of amides is 1. The van der Waals surface area contributed by atoms with E-state index in [1.54, 1.807) is 19.6 Å². The molecule has 7 rings (SSSR count). The Hall–Kier alpha value is -3.84. The van der Waals surface area contributed by atoms with Gasteiger partial charge in [-0.05, 0) is 101 Å². The molecule has 0 unspecified atom stereocenters. The van der Waals surface area contributed by atoms with Gasteiger partial charge < -0.3 is 13.9 Å². The van der Waals surface area contributed by atoms with Gasteiger partial charge in [-0.3, -0.25) is 19.5 Å². The summed E-state index contributed by atoms with van der Waals surface area (Å²) in [5.74, 6) is 2.35. The van der Waals surface area contributed by atoms with Crippen molar-refractivity contribution in [2.75, 3.05) is 37.9 Å². The normalized spacial score (nSPS) is 24.7. The second-order valence-electron chi connectivity index (χ2n) is 14.6. The van der Waals surface area contributed by atoms with Crippen LogP contribution < -0.4 is 9.64 Å². The average molecular weight is 706 g/mol. The molecule has 0 N–H and O–H groups in total. The second-order valence-corrected chi connectivity index (χ2v) is 16.6. The monoisotopic (exact) mass is 705 g/mol. The van der Waals surface area contributed by atoms with Crippen LogP contribution in [0.3, 0.4) is 0 Å². The molecule has 12 nitrogen and oxygen atoms in total. The fourth-order valence-electron chi connectivity index (χ4n) is 7.64. The smallest absolute Gasteiger partial charge is 0.311 e. The van der Waals surface area contributed by atoms with E-state index in [4.69, 9.17) is 28.8 Å². The zero-order chi connectivity index (χ0) is 35.0. The van der Waals surface area contributed by atoms with E-state index in [0.717, 1.165) is 79.1 Å². The van der Waals surface area contributed by atoms with Crippen LogP contribution in [0.1, 0.15) is 93.3 Å². The van der Waals surface area contributed by atoms with Crippen molar-refractivity contribution in [3.05, 3.63) is 54.0 Å². The second kappa shape index (κ2) is 14.4. The molecule has 0 atom stereocenters. The standard InChI is InChI=1S/C37H47N5O7S/c1-23-33(47-2)15-14-31(39-23)25-6-4-24(5-7-25)19-42(34-18-28(16-17-38-34)32-22-48-35(40-32)26-8-9-26)36(43)27-10-12-30(13-11-27)49-37(44)29-20-41(21-29)50(3,45)46/h14-18,22,24-27,29-30H,4-13,19-21H2,1-3H3. The Morgan fingerprint density at radius 1 is 0.940 bits per heavy atom. The molecule has 0 aromatic carbocycles. The number of esters is 1. The van der Waals surface area contributed by atoms with E-state index in [-0.39, 0.29) is 37.0 Å². The summed E-state index contributed by atoms with van der Waals surface area (Å²) < 4.78 is 41.6. The molecule has 0 bridgehead atoms. The van der Waals surface area contributed by atoms with Crippen molar-refractivity contribution in [2.45, 2.75) is 89.1 Å². The molecule has 4 heterocycles. The molecular weight excluding hydrogens is 659 g/mol. The average Bonchev–Trinajstić information content (AvgIpc) is 3.82. The van der Waals surface area contributed by atoms with Crippen LogP contribution in [0, 0.1) is 24.7 Å². The van der Waals surface area contributed by atoms with Gasteiger partial charge in [-0.1, -0.05) is 0 Å². The minimum absolute atomic E-state index is 0.0515. The first-order valence-corrected chi connectivity index (χ1v) is 19.8. The highest BCUT2D eigenvalue weighted by atomic mass is 32.2. The number of methoxy groups -OCH3 is 1. The van der Waals surface area contributed by atoms with Crippen LogP contribution in [-0.2, 0) is 24.3 Å². The topological polar surface area (TPSA) is 145 Å². The number of sulfonamides is 1. The Morgan fingerprint density at radius 3 is 2.32 bits per heavy atom. The van der Waals surface area contributed by atoms with Gasteiger partial charge in [0.1, 0.15) is 29.6 Å². The van der Waals surface area contributed by atoms with Gasteiger partial charge in [0.15, 0.2) is 5.89 Å². The maximum absolute atomic E-state index is 14.4. The van der Waals surface area contributed by atoms with Crippen LogP contribution in [0.15, 0.2) is 41.1 Å². The molecule has 4 aliphatic rings. The molecule has 3 aromatic heterocycles. The highest BCUT2D eigenvalue weighted by molar-refractivity contribution is 7.88. The van der Waals surface area contributed by atoms with E-state index >= 15 is 0 Å².